The maximum Gasteiger partial charge on any atom is 0.275 e. The second-order valence-corrected chi connectivity index (χ2v) is 7.09. The number of halogens is 1. The molecule has 3 aromatic rings. The molecule has 0 spiro atoms. The molecule has 27 heavy (non-hydrogen) atoms. The van der Waals surface area contributed by atoms with Crippen molar-refractivity contribution in [3.05, 3.63) is 76.7 Å². The lowest BCUT2D eigenvalue weighted by molar-refractivity contribution is 0.102. The average molecular weight is 379 g/mol. The summed E-state index contributed by atoms with van der Waals surface area (Å²) in [5.41, 5.74) is 4.19. The zero-order chi connectivity index (χ0) is 19.0. The lowest BCUT2D eigenvalue weighted by atomic mass is 10.1. The zero-order valence-corrected chi connectivity index (χ0v) is 15.9. The van der Waals surface area contributed by atoms with Crippen LogP contribution in [0.25, 0.3) is 0 Å². The maximum absolute atomic E-state index is 12.5. The van der Waals surface area contributed by atoms with Gasteiger partial charge in [0.15, 0.2) is 5.82 Å². The van der Waals surface area contributed by atoms with E-state index in [1.54, 1.807) is 18.3 Å². The van der Waals surface area contributed by atoms with Crippen LogP contribution in [0, 0.1) is 6.92 Å². The van der Waals surface area contributed by atoms with Crippen molar-refractivity contribution in [1.82, 2.24) is 9.97 Å². The summed E-state index contributed by atoms with van der Waals surface area (Å²) >= 11 is 6.11. The molecule has 1 atom stereocenters. The number of carbonyl (C=O) groups excluding carboxylic acids is 1. The first-order chi connectivity index (χ1) is 13.0. The first-order valence-electron chi connectivity index (χ1n) is 8.80. The van der Waals surface area contributed by atoms with E-state index in [0.29, 0.717) is 16.8 Å². The largest absolute Gasteiger partial charge is 0.322 e. The molecule has 5 nitrogen and oxygen atoms in total. The van der Waals surface area contributed by atoms with Crippen LogP contribution >= 0.6 is 11.6 Å². The maximum atomic E-state index is 12.5. The molecule has 0 aliphatic carbocycles. The first kappa shape index (κ1) is 17.5. The van der Waals surface area contributed by atoms with E-state index in [2.05, 4.69) is 39.2 Å². The third-order valence-electron chi connectivity index (χ3n) is 4.84. The fraction of sp³-hybridized carbons (Fsp3) is 0.190. The van der Waals surface area contributed by atoms with Gasteiger partial charge in [-0.15, -0.1) is 0 Å². The van der Waals surface area contributed by atoms with Crippen LogP contribution < -0.4 is 10.2 Å². The molecule has 0 saturated heterocycles. The molecule has 0 radical (unpaired) electrons. The van der Waals surface area contributed by atoms with Crippen LogP contribution in [-0.2, 0) is 6.42 Å². The molecule has 1 aliphatic rings. The van der Waals surface area contributed by atoms with Gasteiger partial charge in [-0.1, -0.05) is 35.9 Å². The van der Waals surface area contributed by atoms with Crippen LogP contribution in [0.3, 0.4) is 0 Å². The van der Waals surface area contributed by atoms with Crippen molar-refractivity contribution in [2.24, 2.45) is 0 Å². The van der Waals surface area contributed by atoms with Gasteiger partial charge >= 0.3 is 0 Å². The van der Waals surface area contributed by atoms with Crippen LogP contribution in [0.2, 0.25) is 5.02 Å². The average Bonchev–Trinajstić information content (AvgIpc) is 3.01. The number of anilines is 3. The minimum atomic E-state index is -0.311. The SMILES string of the molecule is Cc1c(Cl)cccc1NC(=O)c1cnc(N2c3ccccc3CC2C)cn1. The van der Waals surface area contributed by atoms with Crippen molar-refractivity contribution in [3.8, 4) is 0 Å². The Balaban J connectivity index is 1.56. The molecule has 1 aromatic heterocycles. The van der Waals surface area contributed by atoms with Gasteiger partial charge < -0.3 is 10.2 Å². The lowest BCUT2D eigenvalue weighted by Crippen LogP contribution is -2.25. The van der Waals surface area contributed by atoms with Gasteiger partial charge in [0, 0.05) is 22.4 Å². The first-order valence-corrected chi connectivity index (χ1v) is 9.18. The summed E-state index contributed by atoms with van der Waals surface area (Å²) in [6.07, 6.45) is 4.13. The Kier molecular flexibility index (Phi) is 4.54. The number of hydrogen-bond donors (Lipinski definition) is 1. The normalized spacial score (nSPS) is 15.5. The van der Waals surface area contributed by atoms with Crippen molar-refractivity contribution in [2.45, 2.75) is 26.3 Å². The summed E-state index contributed by atoms with van der Waals surface area (Å²) in [5.74, 6) is 0.428. The van der Waals surface area contributed by atoms with Gasteiger partial charge in [-0.05, 0) is 49.6 Å². The van der Waals surface area contributed by atoms with Crippen LogP contribution in [0.15, 0.2) is 54.9 Å². The molecule has 1 aliphatic heterocycles. The van der Waals surface area contributed by atoms with Crippen LogP contribution in [0.4, 0.5) is 17.2 Å². The molecule has 2 aromatic carbocycles. The molecular weight excluding hydrogens is 360 g/mol. The van der Waals surface area contributed by atoms with Gasteiger partial charge in [0.1, 0.15) is 5.69 Å². The Hall–Kier alpha value is -2.92. The Morgan fingerprint density at radius 1 is 1.15 bits per heavy atom. The fourth-order valence-corrected chi connectivity index (χ4v) is 3.58. The summed E-state index contributed by atoms with van der Waals surface area (Å²) in [5, 5.41) is 3.45. The van der Waals surface area contributed by atoms with E-state index in [0.717, 1.165) is 23.5 Å². The molecule has 0 saturated carbocycles. The summed E-state index contributed by atoms with van der Waals surface area (Å²) in [6.45, 7) is 4.02. The smallest absolute Gasteiger partial charge is 0.275 e. The molecule has 2 heterocycles. The number of benzene rings is 2. The van der Waals surface area contributed by atoms with E-state index in [4.69, 9.17) is 11.6 Å². The molecule has 6 heteroatoms. The number of nitrogens with one attached hydrogen (secondary N) is 1. The lowest BCUT2D eigenvalue weighted by Gasteiger charge is -2.23. The third-order valence-corrected chi connectivity index (χ3v) is 5.25. The van der Waals surface area contributed by atoms with Crippen LogP contribution in [-0.4, -0.2) is 21.9 Å². The quantitative estimate of drug-likeness (QED) is 0.713. The highest BCUT2D eigenvalue weighted by Gasteiger charge is 2.28. The minimum absolute atomic E-state index is 0.262. The van der Waals surface area contributed by atoms with E-state index >= 15 is 0 Å². The number of carbonyl (C=O) groups is 1. The predicted octanol–water partition coefficient (Wildman–Crippen LogP) is 4.77. The summed E-state index contributed by atoms with van der Waals surface area (Å²) in [6, 6.07) is 14.0. The van der Waals surface area contributed by atoms with Gasteiger partial charge in [0.05, 0.1) is 12.4 Å². The van der Waals surface area contributed by atoms with Gasteiger partial charge in [-0.3, -0.25) is 4.79 Å². The number of amides is 1. The summed E-state index contributed by atoms with van der Waals surface area (Å²) in [4.78, 5) is 23.5. The number of nitrogens with zero attached hydrogens (tertiary/aromatic N) is 3. The second-order valence-electron chi connectivity index (χ2n) is 6.68. The van der Waals surface area contributed by atoms with Crippen molar-refractivity contribution in [1.29, 1.82) is 0 Å². The van der Waals surface area contributed by atoms with Crippen LogP contribution in [0.1, 0.15) is 28.5 Å². The summed E-state index contributed by atoms with van der Waals surface area (Å²) < 4.78 is 0. The Labute approximate surface area is 163 Å². The van der Waals surface area contributed by atoms with Crippen LogP contribution in [0.5, 0.6) is 0 Å². The van der Waals surface area contributed by atoms with E-state index in [1.165, 1.54) is 11.8 Å². The van der Waals surface area contributed by atoms with Gasteiger partial charge in [-0.25, -0.2) is 9.97 Å². The topological polar surface area (TPSA) is 58.1 Å². The molecule has 4 rings (SSSR count). The Bertz CT molecular complexity index is 1000. The van der Waals surface area contributed by atoms with E-state index in [9.17, 15) is 4.79 Å². The number of aromatic nitrogens is 2. The van der Waals surface area contributed by atoms with Gasteiger partial charge in [0.2, 0.25) is 0 Å². The molecular formula is C21H19ClN4O. The molecule has 0 fully saturated rings. The molecule has 1 unspecified atom stereocenters. The molecule has 1 amide bonds. The van der Waals surface area contributed by atoms with Crippen molar-refractivity contribution < 1.29 is 4.79 Å². The second kappa shape index (κ2) is 7.00. The third kappa shape index (κ3) is 3.26. The Morgan fingerprint density at radius 3 is 2.74 bits per heavy atom. The number of para-hydroxylation sites is 1. The zero-order valence-electron chi connectivity index (χ0n) is 15.1. The predicted molar refractivity (Wildman–Crippen MR) is 108 cm³/mol. The number of hydrogen-bond acceptors (Lipinski definition) is 4. The highest BCUT2D eigenvalue weighted by molar-refractivity contribution is 6.31. The van der Waals surface area contributed by atoms with E-state index in [-0.39, 0.29) is 11.6 Å². The molecule has 0 bridgehead atoms. The van der Waals surface area contributed by atoms with E-state index < -0.39 is 0 Å². The highest BCUT2D eigenvalue weighted by atomic mass is 35.5. The highest BCUT2D eigenvalue weighted by Crippen LogP contribution is 2.36. The standard InChI is InChI=1S/C21H19ClN4O/c1-13-10-15-6-3-4-9-19(15)26(13)20-12-23-18(11-24-20)21(27)25-17-8-5-7-16(22)14(17)2/h3-9,11-13H,10H2,1-2H3,(H,25,27). The van der Waals surface area contributed by atoms with E-state index in [1.807, 2.05) is 25.1 Å². The number of fused-ring (bicyclic) bond motifs is 1. The van der Waals surface area contributed by atoms with Crippen molar-refractivity contribution in [3.63, 3.8) is 0 Å². The van der Waals surface area contributed by atoms with Gasteiger partial charge in [0.25, 0.3) is 5.91 Å². The van der Waals surface area contributed by atoms with Gasteiger partial charge in [-0.2, -0.15) is 0 Å². The summed E-state index contributed by atoms with van der Waals surface area (Å²) in [7, 11) is 0. The Morgan fingerprint density at radius 2 is 1.96 bits per heavy atom. The minimum Gasteiger partial charge on any atom is -0.322 e. The van der Waals surface area contributed by atoms with Crippen molar-refractivity contribution in [2.75, 3.05) is 10.2 Å². The molecule has 1 N–H and O–H groups in total. The molecule has 136 valence electrons. The van der Waals surface area contributed by atoms with Crippen molar-refractivity contribution >= 4 is 34.7 Å². The number of rotatable bonds is 3. The fourth-order valence-electron chi connectivity index (χ4n) is 3.41. The monoisotopic (exact) mass is 378 g/mol.